The summed E-state index contributed by atoms with van der Waals surface area (Å²) in [7, 11) is 0. The van der Waals surface area contributed by atoms with Crippen LogP contribution < -0.4 is 5.32 Å². The number of hydrogen-bond donors (Lipinski definition) is 1. The molecule has 1 aromatic carbocycles. The van der Waals surface area contributed by atoms with Gasteiger partial charge in [0.2, 0.25) is 0 Å². The Morgan fingerprint density at radius 2 is 2.12 bits per heavy atom. The molecular weight excluding hydrogens is 216 g/mol. The van der Waals surface area contributed by atoms with E-state index in [4.69, 9.17) is 5.26 Å². The Kier molecular flexibility index (Phi) is 6.39. The van der Waals surface area contributed by atoms with Crippen LogP contribution in [0.1, 0.15) is 11.1 Å². The second-order valence-electron chi connectivity index (χ2n) is 3.35. The second kappa shape index (κ2) is 7.98. The molecule has 0 atom stereocenters. The predicted octanol–water partition coefficient (Wildman–Crippen LogP) is 2.57. The lowest BCUT2D eigenvalue weighted by Gasteiger charge is -2.04. The van der Waals surface area contributed by atoms with E-state index in [-0.39, 0.29) is 0 Å². The molecule has 0 saturated heterocycles. The van der Waals surface area contributed by atoms with Crippen LogP contribution >= 0.6 is 11.8 Å². The largest absolute Gasteiger partial charge is 0.312 e. The van der Waals surface area contributed by atoms with Crippen molar-refractivity contribution in [3.8, 4) is 6.07 Å². The zero-order chi connectivity index (χ0) is 11.6. The highest BCUT2D eigenvalue weighted by Gasteiger charge is 1.93. The lowest BCUT2D eigenvalue weighted by atomic mass is 10.1. The molecule has 0 aromatic heterocycles. The molecule has 0 fully saturated rings. The van der Waals surface area contributed by atoms with Crippen LogP contribution in [0.4, 0.5) is 0 Å². The molecule has 0 saturated carbocycles. The normalized spacial score (nSPS) is 9.69. The third kappa shape index (κ3) is 5.01. The Labute approximate surface area is 101 Å². The third-order valence-corrected chi connectivity index (χ3v) is 3.04. The highest BCUT2D eigenvalue weighted by atomic mass is 32.2. The Balaban J connectivity index is 2.17. The minimum absolute atomic E-state index is 0.713. The Morgan fingerprint density at radius 3 is 2.75 bits per heavy atom. The summed E-state index contributed by atoms with van der Waals surface area (Å²) in [5, 5.41) is 12.0. The SMILES string of the molecule is C=CCSCCNCc1ccc(C#N)cc1. The van der Waals surface area contributed by atoms with Gasteiger partial charge in [-0.05, 0) is 17.7 Å². The van der Waals surface area contributed by atoms with E-state index in [2.05, 4.69) is 18.0 Å². The average molecular weight is 232 g/mol. The van der Waals surface area contributed by atoms with Gasteiger partial charge in [-0.1, -0.05) is 18.2 Å². The van der Waals surface area contributed by atoms with Gasteiger partial charge in [0.25, 0.3) is 0 Å². The maximum absolute atomic E-state index is 8.65. The Bertz CT molecular complexity index is 351. The van der Waals surface area contributed by atoms with E-state index in [0.717, 1.165) is 24.6 Å². The summed E-state index contributed by atoms with van der Waals surface area (Å²) in [4.78, 5) is 0. The Morgan fingerprint density at radius 1 is 1.38 bits per heavy atom. The average Bonchev–Trinajstić information content (AvgIpc) is 2.34. The molecule has 0 heterocycles. The quantitative estimate of drug-likeness (QED) is 0.580. The van der Waals surface area contributed by atoms with E-state index in [1.54, 1.807) is 0 Å². The van der Waals surface area contributed by atoms with Crippen molar-refractivity contribution in [1.82, 2.24) is 5.32 Å². The molecule has 0 unspecified atom stereocenters. The number of nitriles is 1. The summed E-state index contributed by atoms with van der Waals surface area (Å²) < 4.78 is 0. The molecule has 0 radical (unpaired) electrons. The minimum atomic E-state index is 0.713. The molecule has 3 heteroatoms. The molecule has 16 heavy (non-hydrogen) atoms. The van der Waals surface area contributed by atoms with Crippen LogP contribution in [0, 0.1) is 11.3 Å². The second-order valence-corrected chi connectivity index (χ2v) is 4.50. The number of rotatable bonds is 7. The molecular formula is C13H16N2S. The van der Waals surface area contributed by atoms with Crippen molar-refractivity contribution >= 4 is 11.8 Å². The molecule has 1 rings (SSSR count). The lowest BCUT2D eigenvalue weighted by Crippen LogP contribution is -2.16. The van der Waals surface area contributed by atoms with Crippen molar-refractivity contribution in [3.63, 3.8) is 0 Å². The maximum Gasteiger partial charge on any atom is 0.0991 e. The summed E-state index contributed by atoms with van der Waals surface area (Å²) >= 11 is 1.87. The van der Waals surface area contributed by atoms with Crippen molar-refractivity contribution < 1.29 is 0 Å². The monoisotopic (exact) mass is 232 g/mol. The summed E-state index contributed by atoms with van der Waals surface area (Å²) in [6, 6.07) is 9.79. The lowest BCUT2D eigenvalue weighted by molar-refractivity contribution is 0.732. The van der Waals surface area contributed by atoms with Gasteiger partial charge in [-0.25, -0.2) is 0 Å². The van der Waals surface area contributed by atoms with Crippen LogP contribution in [0.25, 0.3) is 0 Å². The van der Waals surface area contributed by atoms with Crippen molar-refractivity contribution in [2.24, 2.45) is 0 Å². The van der Waals surface area contributed by atoms with Gasteiger partial charge in [-0.2, -0.15) is 17.0 Å². The molecule has 0 bridgehead atoms. The molecule has 1 N–H and O–H groups in total. The first-order chi connectivity index (χ1) is 7.86. The fourth-order valence-corrected chi connectivity index (χ4v) is 1.86. The first-order valence-corrected chi connectivity index (χ1v) is 6.40. The zero-order valence-electron chi connectivity index (χ0n) is 9.28. The molecule has 84 valence electrons. The molecule has 0 aliphatic carbocycles. The topological polar surface area (TPSA) is 35.8 Å². The smallest absolute Gasteiger partial charge is 0.0991 e. The van der Waals surface area contributed by atoms with Gasteiger partial charge in [-0.15, -0.1) is 6.58 Å². The van der Waals surface area contributed by atoms with E-state index in [1.165, 1.54) is 5.56 Å². The summed E-state index contributed by atoms with van der Waals surface area (Å²) in [5.41, 5.74) is 1.93. The van der Waals surface area contributed by atoms with Crippen molar-refractivity contribution in [1.29, 1.82) is 5.26 Å². The van der Waals surface area contributed by atoms with Crippen molar-refractivity contribution in [3.05, 3.63) is 48.0 Å². The molecule has 0 aliphatic heterocycles. The Hall–Kier alpha value is -1.24. The van der Waals surface area contributed by atoms with Crippen molar-refractivity contribution in [2.45, 2.75) is 6.54 Å². The van der Waals surface area contributed by atoms with Gasteiger partial charge in [-0.3, -0.25) is 0 Å². The van der Waals surface area contributed by atoms with Crippen LogP contribution in [-0.2, 0) is 6.54 Å². The van der Waals surface area contributed by atoms with E-state index >= 15 is 0 Å². The molecule has 0 spiro atoms. The number of nitrogens with zero attached hydrogens (tertiary/aromatic N) is 1. The van der Waals surface area contributed by atoms with E-state index in [0.29, 0.717) is 5.56 Å². The molecule has 0 aliphatic rings. The fraction of sp³-hybridized carbons (Fsp3) is 0.308. The molecule has 1 aromatic rings. The van der Waals surface area contributed by atoms with Gasteiger partial charge < -0.3 is 5.32 Å². The number of benzene rings is 1. The van der Waals surface area contributed by atoms with Gasteiger partial charge >= 0.3 is 0 Å². The highest BCUT2D eigenvalue weighted by Crippen LogP contribution is 2.03. The van der Waals surface area contributed by atoms with Crippen molar-refractivity contribution in [2.75, 3.05) is 18.1 Å². The maximum atomic E-state index is 8.65. The number of thioether (sulfide) groups is 1. The summed E-state index contributed by atoms with van der Waals surface area (Å²) in [5.74, 6) is 2.11. The van der Waals surface area contributed by atoms with Crippen LogP contribution in [0.15, 0.2) is 36.9 Å². The number of nitrogens with one attached hydrogen (secondary N) is 1. The predicted molar refractivity (Wildman–Crippen MR) is 70.4 cm³/mol. The van der Waals surface area contributed by atoms with Crippen LogP contribution in [-0.4, -0.2) is 18.1 Å². The molecule has 0 amide bonds. The highest BCUT2D eigenvalue weighted by molar-refractivity contribution is 7.99. The third-order valence-electron chi connectivity index (χ3n) is 2.07. The molecule has 2 nitrogen and oxygen atoms in total. The van der Waals surface area contributed by atoms with Gasteiger partial charge in [0, 0.05) is 24.6 Å². The van der Waals surface area contributed by atoms with Gasteiger partial charge in [0.15, 0.2) is 0 Å². The van der Waals surface area contributed by atoms with E-state index in [9.17, 15) is 0 Å². The van der Waals surface area contributed by atoms with E-state index in [1.807, 2.05) is 42.1 Å². The first kappa shape index (κ1) is 12.8. The summed E-state index contributed by atoms with van der Waals surface area (Å²) in [6.45, 7) is 5.53. The van der Waals surface area contributed by atoms with Gasteiger partial charge in [0.05, 0.1) is 11.6 Å². The van der Waals surface area contributed by atoms with Crippen LogP contribution in [0.3, 0.4) is 0 Å². The first-order valence-electron chi connectivity index (χ1n) is 5.25. The summed E-state index contributed by atoms with van der Waals surface area (Å²) in [6.07, 6.45) is 1.92. The van der Waals surface area contributed by atoms with Crippen LogP contribution in [0.5, 0.6) is 0 Å². The number of hydrogen-bond acceptors (Lipinski definition) is 3. The zero-order valence-corrected chi connectivity index (χ0v) is 10.1. The fourth-order valence-electron chi connectivity index (χ4n) is 1.24. The van der Waals surface area contributed by atoms with Crippen LogP contribution in [0.2, 0.25) is 0 Å². The minimum Gasteiger partial charge on any atom is -0.312 e. The van der Waals surface area contributed by atoms with E-state index < -0.39 is 0 Å². The van der Waals surface area contributed by atoms with Gasteiger partial charge in [0.1, 0.15) is 0 Å². The standard InChI is InChI=1S/C13H16N2S/c1-2-8-16-9-7-15-11-13-5-3-12(10-14)4-6-13/h2-6,15H,1,7-9,11H2.